The van der Waals surface area contributed by atoms with Crippen LogP contribution in [0.5, 0.6) is 0 Å². The number of carbonyl (C=O) groups excluding carboxylic acids is 1. The Kier molecular flexibility index (Phi) is 4.99. The van der Waals surface area contributed by atoms with Crippen molar-refractivity contribution in [1.29, 1.82) is 0 Å². The molecule has 18 heavy (non-hydrogen) atoms. The van der Waals surface area contributed by atoms with E-state index in [0.29, 0.717) is 12.0 Å². The normalized spacial score (nSPS) is 12.3. The molecule has 1 aromatic carbocycles. The summed E-state index contributed by atoms with van der Waals surface area (Å²) < 4.78 is 0. The molecule has 0 unspecified atom stereocenters. The van der Waals surface area contributed by atoms with Crippen LogP contribution >= 0.6 is 0 Å². The third-order valence-corrected chi connectivity index (χ3v) is 2.57. The predicted molar refractivity (Wildman–Crippen MR) is 71.1 cm³/mol. The summed E-state index contributed by atoms with van der Waals surface area (Å²) >= 11 is 0. The summed E-state index contributed by atoms with van der Waals surface area (Å²) in [6.07, 6.45) is 5.15. The van der Waals surface area contributed by atoms with Gasteiger partial charge in [0.1, 0.15) is 0 Å². The van der Waals surface area contributed by atoms with Gasteiger partial charge < -0.3 is 0 Å². The van der Waals surface area contributed by atoms with E-state index in [-0.39, 0.29) is 17.4 Å². The maximum absolute atomic E-state index is 11.7. The molecule has 4 nitrogen and oxygen atoms in total. The first-order chi connectivity index (χ1) is 8.56. The van der Waals surface area contributed by atoms with E-state index in [9.17, 15) is 14.9 Å². The monoisotopic (exact) mass is 245 g/mol. The van der Waals surface area contributed by atoms with Crippen molar-refractivity contribution in [3.05, 3.63) is 58.7 Å². The Labute approximate surface area is 106 Å². The standard InChI is InChI=1S/C14H15NO3/c1-3-6-11(2)14(16)10-9-12-7-4-5-8-13(12)15(17)18/h3-5,7-11H,1,6H2,2H3/b10-9+/t11-/m0/s1. The summed E-state index contributed by atoms with van der Waals surface area (Å²) in [7, 11) is 0. The fourth-order valence-corrected chi connectivity index (χ4v) is 1.50. The molecule has 0 heterocycles. The first-order valence-electron chi connectivity index (χ1n) is 5.62. The highest BCUT2D eigenvalue weighted by Crippen LogP contribution is 2.19. The van der Waals surface area contributed by atoms with E-state index in [1.54, 1.807) is 31.2 Å². The van der Waals surface area contributed by atoms with Gasteiger partial charge in [-0.3, -0.25) is 14.9 Å². The maximum atomic E-state index is 11.7. The zero-order valence-corrected chi connectivity index (χ0v) is 10.2. The number of allylic oxidation sites excluding steroid dienone is 2. The topological polar surface area (TPSA) is 60.2 Å². The largest absolute Gasteiger partial charge is 0.295 e. The third-order valence-electron chi connectivity index (χ3n) is 2.57. The van der Waals surface area contributed by atoms with E-state index < -0.39 is 4.92 Å². The van der Waals surface area contributed by atoms with Crippen LogP contribution in [0, 0.1) is 16.0 Å². The van der Waals surface area contributed by atoms with Gasteiger partial charge in [0.25, 0.3) is 5.69 Å². The second-order valence-electron chi connectivity index (χ2n) is 3.98. The summed E-state index contributed by atoms with van der Waals surface area (Å²) in [5.74, 6) is -0.213. The van der Waals surface area contributed by atoms with Crippen molar-refractivity contribution in [2.45, 2.75) is 13.3 Å². The second-order valence-corrected chi connectivity index (χ2v) is 3.98. The van der Waals surface area contributed by atoms with Crippen LogP contribution in [0.1, 0.15) is 18.9 Å². The summed E-state index contributed by atoms with van der Waals surface area (Å²) in [5.41, 5.74) is 0.430. The van der Waals surface area contributed by atoms with Crippen molar-refractivity contribution >= 4 is 17.5 Å². The van der Waals surface area contributed by atoms with Crippen molar-refractivity contribution in [2.24, 2.45) is 5.92 Å². The molecule has 0 saturated heterocycles. The Balaban J connectivity index is 2.87. The number of nitro groups is 1. The molecular weight excluding hydrogens is 230 g/mol. The molecule has 0 amide bonds. The zero-order valence-electron chi connectivity index (χ0n) is 10.2. The Hall–Kier alpha value is -2.23. The summed E-state index contributed by atoms with van der Waals surface area (Å²) in [6.45, 7) is 5.37. The average Bonchev–Trinajstić information content (AvgIpc) is 2.36. The molecule has 0 aliphatic carbocycles. The Morgan fingerprint density at radius 1 is 1.50 bits per heavy atom. The highest BCUT2D eigenvalue weighted by Gasteiger charge is 2.11. The molecule has 0 N–H and O–H groups in total. The van der Waals surface area contributed by atoms with Gasteiger partial charge in [-0.2, -0.15) is 0 Å². The van der Waals surface area contributed by atoms with Crippen LogP contribution in [0.4, 0.5) is 5.69 Å². The van der Waals surface area contributed by atoms with Crippen LogP contribution in [0.15, 0.2) is 43.0 Å². The van der Waals surface area contributed by atoms with Crippen LogP contribution in [0.2, 0.25) is 0 Å². The molecule has 0 saturated carbocycles. The van der Waals surface area contributed by atoms with Crippen LogP contribution < -0.4 is 0 Å². The first-order valence-corrected chi connectivity index (χ1v) is 5.62. The fraction of sp³-hybridized carbons (Fsp3) is 0.214. The Morgan fingerprint density at radius 3 is 2.78 bits per heavy atom. The smallest absolute Gasteiger partial charge is 0.276 e. The molecule has 0 aromatic heterocycles. The maximum Gasteiger partial charge on any atom is 0.276 e. The lowest BCUT2D eigenvalue weighted by molar-refractivity contribution is -0.385. The lowest BCUT2D eigenvalue weighted by Gasteiger charge is -2.02. The van der Waals surface area contributed by atoms with Gasteiger partial charge in [0, 0.05) is 12.0 Å². The molecule has 0 aliphatic heterocycles. The molecular formula is C14H15NO3. The molecule has 1 atom stereocenters. The molecule has 0 bridgehead atoms. The number of rotatable bonds is 6. The molecule has 1 aromatic rings. The van der Waals surface area contributed by atoms with Crippen molar-refractivity contribution in [2.75, 3.05) is 0 Å². The quantitative estimate of drug-likeness (QED) is 0.334. The predicted octanol–water partition coefficient (Wildman–Crippen LogP) is 3.39. The van der Waals surface area contributed by atoms with Gasteiger partial charge in [0.05, 0.1) is 10.5 Å². The van der Waals surface area contributed by atoms with E-state index in [1.165, 1.54) is 18.2 Å². The number of carbonyl (C=O) groups is 1. The van der Waals surface area contributed by atoms with Crippen molar-refractivity contribution < 1.29 is 9.72 Å². The second kappa shape index (κ2) is 6.49. The van der Waals surface area contributed by atoms with Crippen molar-refractivity contribution in [3.63, 3.8) is 0 Å². The number of para-hydroxylation sites is 1. The average molecular weight is 245 g/mol. The van der Waals surface area contributed by atoms with Gasteiger partial charge in [0.15, 0.2) is 5.78 Å². The van der Waals surface area contributed by atoms with Crippen LogP contribution in [0.25, 0.3) is 6.08 Å². The summed E-state index contributed by atoms with van der Waals surface area (Å²) in [6, 6.07) is 6.32. The highest BCUT2D eigenvalue weighted by molar-refractivity contribution is 5.95. The van der Waals surface area contributed by atoms with E-state index in [1.807, 2.05) is 0 Å². The number of hydrogen-bond acceptors (Lipinski definition) is 3. The van der Waals surface area contributed by atoms with Gasteiger partial charge in [-0.15, -0.1) is 6.58 Å². The molecule has 0 radical (unpaired) electrons. The summed E-state index contributed by atoms with van der Waals surface area (Å²) in [5, 5.41) is 10.8. The van der Waals surface area contributed by atoms with Gasteiger partial charge in [0.2, 0.25) is 0 Å². The number of benzene rings is 1. The van der Waals surface area contributed by atoms with Crippen molar-refractivity contribution in [3.8, 4) is 0 Å². The molecule has 0 fully saturated rings. The van der Waals surface area contributed by atoms with Gasteiger partial charge in [-0.1, -0.05) is 25.1 Å². The molecule has 0 aliphatic rings. The minimum Gasteiger partial charge on any atom is -0.295 e. The number of hydrogen-bond donors (Lipinski definition) is 0. The molecule has 4 heteroatoms. The van der Waals surface area contributed by atoms with E-state index in [4.69, 9.17) is 0 Å². The van der Waals surface area contributed by atoms with Crippen LogP contribution in [-0.4, -0.2) is 10.7 Å². The lowest BCUT2D eigenvalue weighted by Crippen LogP contribution is -2.06. The van der Waals surface area contributed by atoms with Gasteiger partial charge in [-0.25, -0.2) is 0 Å². The van der Waals surface area contributed by atoms with Crippen molar-refractivity contribution in [1.82, 2.24) is 0 Å². The van der Waals surface area contributed by atoms with E-state index in [0.717, 1.165) is 0 Å². The molecule has 1 rings (SSSR count). The first kappa shape index (κ1) is 13.8. The zero-order chi connectivity index (χ0) is 13.5. The highest BCUT2D eigenvalue weighted by atomic mass is 16.6. The number of ketones is 1. The minimum absolute atomic E-state index is 0.00192. The Bertz CT molecular complexity index is 492. The van der Waals surface area contributed by atoms with Gasteiger partial charge >= 0.3 is 0 Å². The Morgan fingerprint density at radius 2 is 2.17 bits per heavy atom. The molecule has 0 spiro atoms. The minimum atomic E-state index is -0.461. The number of nitro benzene ring substituents is 1. The third kappa shape index (κ3) is 3.66. The number of nitrogens with zero attached hydrogens (tertiary/aromatic N) is 1. The van der Waals surface area contributed by atoms with Crippen LogP contribution in [0.3, 0.4) is 0 Å². The van der Waals surface area contributed by atoms with E-state index >= 15 is 0 Å². The lowest BCUT2D eigenvalue weighted by atomic mass is 10.0. The van der Waals surface area contributed by atoms with Gasteiger partial charge in [-0.05, 0) is 24.6 Å². The SMILES string of the molecule is C=CC[C@H](C)C(=O)/C=C/c1ccccc1[N+](=O)[O-]. The van der Waals surface area contributed by atoms with E-state index in [2.05, 4.69) is 6.58 Å². The fourth-order valence-electron chi connectivity index (χ4n) is 1.50. The molecule has 94 valence electrons. The van der Waals surface area contributed by atoms with Crippen LogP contribution in [-0.2, 0) is 4.79 Å². The summed E-state index contributed by atoms with van der Waals surface area (Å²) in [4.78, 5) is 22.0.